The molecule has 3 N–H and O–H groups in total. The third-order valence-electron chi connectivity index (χ3n) is 12.8. The molecule has 17 heteroatoms. The maximum atomic E-state index is 15.1. The molecule has 4 aromatic heterocycles. The monoisotopic (exact) mass is 960 g/mol. The first-order valence-electron chi connectivity index (χ1n) is 20.9. The van der Waals surface area contributed by atoms with Gasteiger partial charge in [-0.15, -0.1) is 0 Å². The number of likely N-dealkylation sites (tertiary alicyclic amines) is 1. The van der Waals surface area contributed by atoms with Crippen molar-refractivity contribution in [3.8, 4) is 5.69 Å². The quantitative estimate of drug-likeness (QED) is 0.0841. The number of hydrogen-bond acceptors (Lipinski definition) is 9. The van der Waals surface area contributed by atoms with E-state index in [1.165, 1.54) is 26.8 Å². The first kappa shape index (κ1) is 41.3. The fourth-order valence-corrected chi connectivity index (χ4v) is 9.92. The summed E-state index contributed by atoms with van der Waals surface area (Å²) in [5, 5.41) is 7.63. The molecule has 2 aliphatic heterocycles. The largest absolute Gasteiger partial charge is 0.355 e. The van der Waals surface area contributed by atoms with Crippen LogP contribution in [0.4, 0.5) is 27.4 Å². The van der Waals surface area contributed by atoms with Crippen molar-refractivity contribution in [1.29, 1.82) is 0 Å². The Balaban J connectivity index is 0.839. The molecule has 9 rings (SSSR count). The van der Waals surface area contributed by atoms with Gasteiger partial charge in [0.2, 0.25) is 5.91 Å². The van der Waals surface area contributed by atoms with Gasteiger partial charge >= 0.3 is 5.69 Å². The summed E-state index contributed by atoms with van der Waals surface area (Å²) in [6.45, 7) is 6.63. The second-order valence-electron chi connectivity index (χ2n) is 16.8. The highest BCUT2D eigenvalue weighted by molar-refractivity contribution is 14.1. The van der Waals surface area contributed by atoms with Crippen LogP contribution >= 0.6 is 34.2 Å². The Morgan fingerprint density at radius 1 is 1.00 bits per heavy atom. The summed E-state index contributed by atoms with van der Waals surface area (Å²) < 4.78 is 19.7. The first-order chi connectivity index (χ1) is 29.4. The summed E-state index contributed by atoms with van der Waals surface area (Å²) in [4.78, 5) is 72.3. The molecule has 14 nitrogen and oxygen atoms in total. The number of rotatable bonds is 12. The van der Waals surface area contributed by atoms with Crippen LogP contribution in [0.3, 0.4) is 0 Å². The number of amides is 1. The SMILES string of the molecule is Cc1c(=O)n(C)c(Nc2ccc(I)cc2F)c2c(=O)n(C3CC3)c(=O)n(-c3cccc(NC(=O)CCCCCN4CCC5(CC4)CCN(c4ncnc6[nH]cc(Cl)c46)C5)c3)c12. The van der Waals surface area contributed by atoms with Gasteiger partial charge in [0.1, 0.15) is 34.8 Å². The van der Waals surface area contributed by atoms with Crippen LogP contribution in [-0.4, -0.2) is 72.2 Å². The van der Waals surface area contributed by atoms with Crippen molar-refractivity contribution in [3.63, 3.8) is 0 Å². The molecule has 0 atom stereocenters. The number of H-pyrrole nitrogens is 1. The van der Waals surface area contributed by atoms with E-state index in [-0.39, 0.29) is 45.3 Å². The third kappa shape index (κ3) is 7.97. The number of unbranched alkanes of at least 4 members (excludes halogenated alkanes) is 2. The fourth-order valence-electron chi connectivity index (χ4n) is 9.24. The van der Waals surface area contributed by atoms with Gasteiger partial charge in [-0.05, 0) is 136 Å². The van der Waals surface area contributed by atoms with E-state index >= 15 is 4.39 Å². The lowest BCUT2D eigenvalue weighted by Gasteiger charge is -2.39. The molecule has 61 heavy (non-hydrogen) atoms. The van der Waals surface area contributed by atoms with Crippen LogP contribution in [-0.2, 0) is 11.8 Å². The summed E-state index contributed by atoms with van der Waals surface area (Å²) in [7, 11) is 1.51. The molecule has 0 radical (unpaired) electrons. The number of anilines is 4. The number of carbonyl (C=O) groups excluding carboxylic acids is 1. The minimum absolute atomic E-state index is 0.0806. The van der Waals surface area contributed by atoms with Crippen molar-refractivity contribution in [2.45, 2.75) is 70.8 Å². The number of fused-ring (bicyclic) bond motifs is 2. The van der Waals surface area contributed by atoms with Crippen molar-refractivity contribution in [2.75, 3.05) is 48.3 Å². The highest BCUT2D eigenvalue weighted by Crippen LogP contribution is 2.43. The van der Waals surface area contributed by atoms with Gasteiger partial charge in [0.05, 0.1) is 27.3 Å². The number of aryl methyl sites for hydroxylation is 1. The lowest BCUT2D eigenvalue weighted by Crippen LogP contribution is -2.42. The Morgan fingerprint density at radius 2 is 1.79 bits per heavy atom. The van der Waals surface area contributed by atoms with Crippen molar-refractivity contribution >= 4 is 85.0 Å². The molecule has 3 aliphatic rings. The van der Waals surface area contributed by atoms with Gasteiger partial charge in [-0.3, -0.25) is 28.1 Å². The number of pyridine rings is 1. The van der Waals surface area contributed by atoms with E-state index in [0.717, 1.165) is 88.1 Å². The van der Waals surface area contributed by atoms with Gasteiger partial charge in [0.15, 0.2) is 0 Å². The van der Waals surface area contributed by atoms with Crippen LogP contribution in [0.5, 0.6) is 0 Å². The highest BCUT2D eigenvalue weighted by Gasteiger charge is 2.41. The second-order valence-corrected chi connectivity index (χ2v) is 18.5. The zero-order valence-corrected chi connectivity index (χ0v) is 37.0. The number of halogens is 3. The zero-order chi connectivity index (χ0) is 42.6. The summed E-state index contributed by atoms with van der Waals surface area (Å²) in [6, 6.07) is 11.2. The van der Waals surface area contributed by atoms with E-state index in [9.17, 15) is 19.2 Å². The number of aromatic nitrogens is 6. The average Bonchev–Trinajstić information content (AvgIpc) is 3.88. The van der Waals surface area contributed by atoms with E-state index in [1.807, 2.05) is 22.6 Å². The highest BCUT2D eigenvalue weighted by atomic mass is 127. The van der Waals surface area contributed by atoms with E-state index < -0.39 is 22.6 Å². The number of carbonyl (C=O) groups is 1. The van der Waals surface area contributed by atoms with E-state index in [0.29, 0.717) is 39.2 Å². The fraction of sp³-hybridized carbons (Fsp3) is 0.409. The lowest BCUT2D eigenvalue weighted by atomic mass is 9.78. The minimum atomic E-state index is -0.578. The van der Waals surface area contributed by atoms with Gasteiger partial charge in [-0.1, -0.05) is 24.1 Å². The smallest absolute Gasteiger partial charge is 0.336 e. The summed E-state index contributed by atoms with van der Waals surface area (Å²) in [6.07, 6.45) is 11.1. The molecule has 1 aliphatic carbocycles. The molecular formula is C44H47ClFIN10O4. The third-order valence-corrected chi connectivity index (χ3v) is 13.7. The topological polar surface area (TPSA) is 155 Å². The molecular weight excluding hydrogens is 914 g/mol. The van der Waals surface area contributed by atoms with Gasteiger partial charge < -0.3 is 25.4 Å². The summed E-state index contributed by atoms with van der Waals surface area (Å²) in [5.74, 6) is 0.306. The molecule has 0 unspecified atom stereocenters. The molecule has 1 spiro atoms. The average molecular weight is 961 g/mol. The van der Waals surface area contributed by atoms with Crippen LogP contribution in [0, 0.1) is 21.7 Å². The summed E-state index contributed by atoms with van der Waals surface area (Å²) in [5.41, 5.74) is 0.746. The van der Waals surface area contributed by atoms with E-state index in [4.69, 9.17) is 11.6 Å². The molecule has 1 amide bonds. The van der Waals surface area contributed by atoms with Crippen LogP contribution in [0.2, 0.25) is 5.02 Å². The lowest BCUT2D eigenvalue weighted by molar-refractivity contribution is -0.116. The minimum Gasteiger partial charge on any atom is -0.355 e. The van der Waals surface area contributed by atoms with Gasteiger partial charge in [-0.2, -0.15) is 0 Å². The number of nitrogens with zero attached hydrogens (tertiary/aromatic N) is 7. The van der Waals surface area contributed by atoms with Crippen molar-refractivity contribution in [3.05, 3.63) is 106 Å². The summed E-state index contributed by atoms with van der Waals surface area (Å²) >= 11 is 8.49. The molecule has 2 aromatic carbocycles. The van der Waals surface area contributed by atoms with Crippen LogP contribution in [0.25, 0.3) is 27.6 Å². The number of benzene rings is 2. The second kappa shape index (κ2) is 16.7. The van der Waals surface area contributed by atoms with Gasteiger partial charge in [0, 0.05) is 53.6 Å². The van der Waals surface area contributed by atoms with Gasteiger partial charge in [-0.25, -0.2) is 19.2 Å². The molecule has 2 saturated heterocycles. The molecule has 1 saturated carbocycles. The standard InChI is InChI=1S/C44H47ClFIN10O4/c1-26-37-36(40(53(2)41(26)59)52-33-13-10-27(47)21-32(33)46)42(60)57(29-11-12-29)43(61)56(37)30-8-6-7-28(22-30)51-34(58)9-4-3-5-17-54-18-14-44(15-19-54)16-20-55(24-44)39-35-31(45)23-48-38(35)49-25-50-39/h6-8,10,13,21-23,25,29,52H,3-5,9,11-12,14-20,24H2,1-2H3,(H,51,58)(H,48,49,50). The number of nitrogens with one attached hydrogen (secondary N) is 3. The molecule has 0 bridgehead atoms. The molecule has 3 fully saturated rings. The first-order valence-corrected chi connectivity index (χ1v) is 22.4. The zero-order valence-electron chi connectivity index (χ0n) is 34.1. The van der Waals surface area contributed by atoms with Crippen molar-refractivity contribution in [1.82, 2.24) is 33.6 Å². The van der Waals surface area contributed by atoms with Crippen LogP contribution in [0.1, 0.15) is 69.4 Å². The van der Waals surface area contributed by atoms with Crippen LogP contribution < -0.4 is 32.3 Å². The van der Waals surface area contributed by atoms with Gasteiger partial charge in [0.25, 0.3) is 11.1 Å². The van der Waals surface area contributed by atoms with E-state index in [2.05, 4.69) is 35.4 Å². The number of piperidine rings is 1. The van der Waals surface area contributed by atoms with Crippen molar-refractivity contribution < 1.29 is 9.18 Å². The Morgan fingerprint density at radius 3 is 2.56 bits per heavy atom. The molecule has 6 aromatic rings. The predicted molar refractivity (Wildman–Crippen MR) is 245 cm³/mol. The Hall–Kier alpha value is -5.07. The maximum Gasteiger partial charge on any atom is 0.336 e. The van der Waals surface area contributed by atoms with Crippen LogP contribution in [0.15, 0.2) is 69.4 Å². The molecule has 6 heterocycles. The van der Waals surface area contributed by atoms with E-state index in [1.54, 1.807) is 55.8 Å². The number of hydrogen-bond donors (Lipinski definition) is 3. The normalized spacial score (nSPS) is 16.6. The molecule has 318 valence electrons. The Bertz CT molecular complexity index is 2880. The predicted octanol–water partition coefficient (Wildman–Crippen LogP) is 7.40. The maximum absolute atomic E-state index is 15.1. The Kier molecular flexibility index (Phi) is 11.3. The number of aromatic amines is 1. The Labute approximate surface area is 369 Å². The van der Waals surface area contributed by atoms with Crippen molar-refractivity contribution in [2.24, 2.45) is 12.5 Å².